The minimum atomic E-state index is -0.547. The number of aliphatic hydroxyl groups excluding tert-OH is 1. The van der Waals surface area contributed by atoms with E-state index < -0.39 is 12.1 Å². The summed E-state index contributed by atoms with van der Waals surface area (Å²) in [4.78, 5) is 11.5. The first kappa shape index (κ1) is 14.4. The van der Waals surface area contributed by atoms with E-state index in [9.17, 15) is 14.3 Å². The summed E-state index contributed by atoms with van der Waals surface area (Å²) in [7, 11) is 0. The number of urea groups is 1. The van der Waals surface area contributed by atoms with Gasteiger partial charge >= 0.3 is 6.03 Å². The molecule has 1 unspecified atom stereocenters. The molecule has 0 aliphatic carbocycles. The molecule has 0 fully saturated rings. The molecule has 0 saturated heterocycles. The predicted molar refractivity (Wildman–Crippen MR) is 69.1 cm³/mol. The van der Waals surface area contributed by atoms with Crippen LogP contribution in [-0.2, 0) is 0 Å². The van der Waals surface area contributed by atoms with E-state index in [2.05, 4.69) is 10.6 Å². The van der Waals surface area contributed by atoms with Crippen LogP contribution in [0.1, 0.15) is 25.3 Å². The fraction of sp³-hybridized carbons (Fsp3) is 0.462. The summed E-state index contributed by atoms with van der Waals surface area (Å²) in [6.07, 6.45) is 0.946. The van der Waals surface area contributed by atoms with Crippen LogP contribution in [0.5, 0.6) is 0 Å². The van der Waals surface area contributed by atoms with Crippen molar-refractivity contribution in [1.82, 2.24) is 5.32 Å². The van der Waals surface area contributed by atoms with E-state index in [1.54, 1.807) is 13.0 Å². The van der Waals surface area contributed by atoms with Crippen molar-refractivity contribution in [3.8, 4) is 0 Å². The first-order chi connectivity index (χ1) is 8.54. The Morgan fingerprint density at radius 1 is 1.50 bits per heavy atom. The zero-order chi connectivity index (χ0) is 13.5. The van der Waals surface area contributed by atoms with Crippen LogP contribution in [0.25, 0.3) is 0 Å². The molecule has 0 spiro atoms. The minimum Gasteiger partial charge on any atom is -0.391 e. The maximum Gasteiger partial charge on any atom is 0.319 e. The second kappa shape index (κ2) is 6.96. The van der Waals surface area contributed by atoms with Crippen LogP contribution >= 0.6 is 0 Å². The smallest absolute Gasteiger partial charge is 0.319 e. The van der Waals surface area contributed by atoms with E-state index in [0.717, 1.165) is 6.42 Å². The van der Waals surface area contributed by atoms with E-state index in [-0.39, 0.29) is 12.4 Å². The Hall–Kier alpha value is -1.62. The number of carbonyl (C=O) groups is 1. The van der Waals surface area contributed by atoms with Crippen molar-refractivity contribution in [2.45, 2.75) is 32.8 Å². The van der Waals surface area contributed by atoms with Crippen molar-refractivity contribution in [2.24, 2.45) is 0 Å². The van der Waals surface area contributed by atoms with Crippen LogP contribution < -0.4 is 10.6 Å². The molecule has 0 aromatic heterocycles. The van der Waals surface area contributed by atoms with Crippen LogP contribution in [-0.4, -0.2) is 23.8 Å². The number of hydrogen-bond donors (Lipinski definition) is 3. The van der Waals surface area contributed by atoms with Crippen molar-refractivity contribution >= 4 is 11.7 Å². The van der Waals surface area contributed by atoms with Crippen LogP contribution in [0, 0.1) is 12.7 Å². The van der Waals surface area contributed by atoms with Gasteiger partial charge in [-0.2, -0.15) is 0 Å². The second-order valence-electron chi connectivity index (χ2n) is 4.19. The molecule has 5 heteroatoms. The Kier molecular flexibility index (Phi) is 5.58. The summed E-state index contributed by atoms with van der Waals surface area (Å²) < 4.78 is 13.2. The molecule has 1 aromatic carbocycles. The summed E-state index contributed by atoms with van der Waals surface area (Å²) in [5.74, 6) is -0.362. The van der Waals surface area contributed by atoms with Gasteiger partial charge < -0.3 is 15.7 Å². The molecule has 1 rings (SSSR count). The maximum atomic E-state index is 13.2. The monoisotopic (exact) mass is 254 g/mol. The SMILES string of the molecule is CCCC(O)CNC(=O)Nc1cccc(F)c1C. The van der Waals surface area contributed by atoms with E-state index >= 15 is 0 Å². The van der Waals surface area contributed by atoms with E-state index in [4.69, 9.17) is 0 Å². The highest BCUT2D eigenvalue weighted by Crippen LogP contribution is 2.16. The summed E-state index contributed by atoms with van der Waals surface area (Å²) >= 11 is 0. The van der Waals surface area contributed by atoms with Gasteiger partial charge in [-0.1, -0.05) is 19.4 Å². The Balaban J connectivity index is 2.47. The molecule has 0 bridgehead atoms. The first-order valence-corrected chi connectivity index (χ1v) is 6.02. The number of amides is 2. The predicted octanol–water partition coefficient (Wildman–Crippen LogP) is 2.42. The fourth-order valence-corrected chi connectivity index (χ4v) is 1.56. The van der Waals surface area contributed by atoms with Gasteiger partial charge in [-0.15, -0.1) is 0 Å². The highest BCUT2D eigenvalue weighted by Gasteiger charge is 2.08. The molecule has 4 nitrogen and oxygen atoms in total. The Bertz CT molecular complexity index is 410. The lowest BCUT2D eigenvalue weighted by atomic mass is 10.2. The number of hydrogen-bond acceptors (Lipinski definition) is 2. The lowest BCUT2D eigenvalue weighted by Crippen LogP contribution is -2.35. The van der Waals surface area contributed by atoms with Crippen LogP contribution in [0.2, 0.25) is 0 Å². The Labute approximate surface area is 106 Å². The normalized spacial score (nSPS) is 12.0. The van der Waals surface area contributed by atoms with Gasteiger partial charge in [-0.05, 0) is 25.5 Å². The second-order valence-corrected chi connectivity index (χ2v) is 4.19. The van der Waals surface area contributed by atoms with Gasteiger partial charge in [0.05, 0.1) is 6.10 Å². The van der Waals surface area contributed by atoms with Crippen molar-refractivity contribution in [3.63, 3.8) is 0 Å². The van der Waals surface area contributed by atoms with Crippen molar-refractivity contribution in [1.29, 1.82) is 0 Å². The van der Waals surface area contributed by atoms with Crippen molar-refractivity contribution < 1.29 is 14.3 Å². The maximum absolute atomic E-state index is 13.2. The summed E-state index contributed by atoms with van der Waals surface area (Å²) in [5.41, 5.74) is 0.819. The molecular formula is C13H19FN2O2. The number of rotatable bonds is 5. The highest BCUT2D eigenvalue weighted by atomic mass is 19.1. The number of halogens is 1. The first-order valence-electron chi connectivity index (χ1n) is 6.02. The van der Waals surface area contributed by atoms with Gasteiger partial charge in [-0.25, -0.2) is 9.18 Å². The Morgan fingerprint density at radius 2 is 2.22 bits per heavy atom. The molecule has 0 heterocycles. The fourth-order valence-electron chi connectivity index (χ4n) is 1.56. The van der Waals surface area contributed by atoms with Gasteiger partial charge in [0.15, 0.2) is 0 Å². The lowest BCUT2D eigenvalue weighted by molar-refractivity contribution is 0.162. The van der Waals surface area contributed by atoms with Crippen molar-refractivity contribution in [3.05, 3.63) is 29.6 Å². The van der Waals surface area contributed by atoms with Gasteiger partial charge in [0.1, 0.15) is 5.82 Å². The number of carbonyl (C=O) groups excluding carboxylic acids is 1. The number of benzene rings is 1. The minimum absolute atomic E-state index is 0.189. The summed E-state index contributed by atoms with van der Waals surface area (Å²) in [5, 5.41) is 14.5. The third-order valence-electron chi connectivity index (χ3n) is 2.64. The molecule has 2 amide bonds. The summed E-state index contributed by atoms with van der Waals surface area (Å²) in [6.45, 7) is 3.74. The van der Waals surface area contributed by atoms with Crippen LogP contribution in [0.15, 0.2) is 18.2 Å². The van der Waals surface area contributed by atoms with E-state index in [0.29, 0.717) is 17.7 Å². The largest absolute Gasteiger partial charge is 0.391 e. The molecule has 3 N–H and O–H groups in total. The van der Waals surface area contributed by atoms with Gasteiger partial charge in [0, 0.05) is 17.8 Å². The lowest BCUT2D eigenvalue weighted by Gasteiger charge is -2.13. The number of aliphatic hydroxyl groups is 1. The quantitative estimate of drug-likeness (QED) is 0.755. The zero-order valence-corrected chi connectivity index (χ0v) is 10.7. The van der Waals surface area contributed by atoms with Crippen LogP contribution in [0.4, 0.5) is 14.9 Å². The van der Waals surface area contributed by atoms with E-state index in [1.165, 1.54) is 12.1 Å². The molecule has 1 atom stereocenters. The molecule has 0 radical (unpaired) electrons. The zero-order valence-electron chi connectivity index (χ0n) is 10.7. The molecule has 100 valence electrons. The highest BCUT2D eigenvalue weighted by molar-refractivity contribution is 5.90. The third-order valence-corrected chi connectivity index (χ3v) is 2.64. The number of anilines is 1. The average molecular weight is 254 g/mol. The third kappa shape index (κ3) is 4.33. The Morgan fingerprint density at radius 3 is 2.89 bits per heavy atom. The molecule has 0 aliphatic rings. The van der Waals surface area contributed by atoms with Gasteiger partial charge in [0.2, 0.25) is 0 Å². The topological polar surface area (TPSA) is 61.4 Å². The molecule has 0 aliphatic heterocycles. The van der Waals surface area contributed by atoms with Crippen molar-refractivity contribution in [2.75, 3.05) is 11.9 Å². The van der Waals surface area contributed by atoms with Gasteiger partial charge in [-0.3, -0.25) is 0 Å². The molecule has 1 aromatic rings. The molecule has 0 saturated carbocycles. The summed E-state index contributed by atoms with van der Waals surface area (Å²) in [6, 6.07) is 4.05. The number of nitrogens with one attached hydrogen (secondary N) is 2. The van der Waals surface area contributed by atoms with Crippen LogP contribution in [0.3, 0.4) is 0 Å². The van der Waals surface area contributed by atoms with E-state index in [1.807, 2.05) is 6.92 Å². The van der Waals surface area contributed by atoms with Gasteiger partial charge in [0.25, 0.3) is 0 Å². The molecule has 18 heavy (non-hydrogen) atoms. The average Bonchev–Trinajstić information content (AvgIpc) is 2.33. The standard InChI is InChI=1S/C13H19FN2O2/c1-3-5-10(17)8-15-13(18)16-12-7-4-6-11(14)9(12)2/h4,6-7,10,17H,3,5,8H2,1-2H3,(H2,15,16,18). The molecular weight excluding hydrogens is 235 g/mol.